The average molecular weight is 436 g/mol. The van der Waals surface area contributed by atoms with Gasteiger partial charge in [0.05, 0.1) is 0 Å². The number of fused-ring (bicyclic) bond motifs is 4. The molecule has 0 saturated carbocycles. The lowest BCUT2D eigenvalue weighted by atomic mass is 9.95. The van der Waals surface area contributed by atoms with Gasteiger partial charge in [0, 0.05) is 40.1 Å². The molecular weight excluding hydrogens is 406 g/mol. The lowest BCUT2D eigenvalue weighted by Crippen LogP contribution is -2.49. The van der Waals surface area contributed by atoms with Crippen molar-refractivity contribution in [1.29, 1.82) is 0 Å². The van der Waals surface area contributed by atoms with E-state index in [9.17, 15) is 9.59 Å². The van der Waals surface area contributed by atoms with E-state index in [4.69, 9.17) is 0 Å². The van der Waals surface area contributed by atoms with Crippen molar-refractivity contribution < 1.29 is 9.59 Å². The van der Waals surface area contributed by atoms with E-state index < -0.39 is 6.04 Å². The van der Waals surface area contributed by atoms with Crippen LogP contribution in [0.3, 0.4) is 0 Å². The zero-order valence-corrected chi connectivity index (χ0v) is 18.8. The molecule has 31 heavy (non-hydrogen) atoms. The Morgan fingerprint density at radius 1 is 1.19 bits per heavy atom. The Morgan fingerprint density at radius 2 is 2.06 bits per heavy atom. The van der Waals surface area contributed by atoms with Gasteiger partial charge >= 0.3 is 0 Å². The predicted molar refractivity (Wildman–Crippen MR) is 125 cm³/mol. The number of aromatic nitrogens is 1. The van der Waals surface area contributed by atoms with Gasteiger partial charge in [0.2, 0.25) is 5.91 Å². The minimum atomic E-state index is -0.478. The molecular formula is C25H29N3O2S. The quantitative estimate of drug-likeness (QED) is 0.616. The third kappa shape index (κ3) is 3.89. The Hall–Kier alpha value is -2.60. The minimum Gasteiger partial charge on any atom is -0.358 e. The number of amides is 2. The summed E-state index contributed by atoms with van der Waals surface area (Å²) in [7, 11) is 0. The van der Waals surface area contributed by atoms with Gasteiger partial charge in [-0.2, -0.15) is 0 Å². The van der Waals surface area contributed by atoms with Crippen LogP contribution in [0.2, 0.25) is 0 Å². The molecule has 0 bridgehead atoms. The zero-order valence-electron chi connectivity index (χ0n) is 18.0. The summed E-state index contributed by atoms with van der Waals surface area (Å²) in [6, 6.07) is 7.50. The van der Waals surface area contributed by atoms with E-state index in [0.29, 0.717) is 18.5 Å². The van der Waals surface area contributed by atoms with Crippen molar-refractivity contribution in [3.05, 3.63) is 56.9 Å². The second-order valence-corrected chi connectivity index (χ2v) is 9.74. The number of carbonyl (C=O) groups excluding carboxylic acids is 2. The second-order valence-electron chi connectivity index (χ2n) is 8.74. The van der Waals surface area contributed by atoms with E-state index in [2.05, 4.69) is 28.7 Å². The topological polar surface area (TPSA) is 65.2 Å². The molecule has 2 aromatic heterocycles. The van der Waals surface area contributed by atoms with Crippen LogP contribution in [0.4, 0.5) is 0 Å². The van der Waals surface area contributed by atoms with E-state index >= 15 is 0 Å². The zero-order chi connectivity index (χ0) is 21.4. The number of rotatable bonds is 5. The summed E-state index contributed by atoms with van der Waals surface area (Å²) in [6.45, 7) is 3.43. The molecule has 0 spiro atoms. The Balaban J connectivity index is 1.34. The molecule has 5 nitrogen and oxygen atoms in total. The molecule has 1 unspecified atom stereocenters. The van der Waals surface area contributed by atoms with Crippen LogP contribution in [0.1, 0.15) is 64.7 Å². The molecule has 0 fully saturated rings. The van der Waals surface area contributed by atoms with E-state index in [-0.39, 0.29) is 11.8 Å². The molecule has 2 aliphatic rings. The molecule has 1 aliphatic heterocycles. The summed E-state index contributed by atoms with van der Waals surface area (Å²) < 4.78 is 0. The van der Waals surface area contributed by atoms with Crippen molar-refractivity contribution >= 4 is 34.1 Å². The van der Waals surface area contributed by atoms with Crippen molar-refractivity contribution in [3.8, 4) is 0 Å². The number of thiophene rings is 1. The first kappa shape index (κ1) is 20.3. The van der Waals surface area contributed by atoms with Crippen LogP contribution in [0.5, 0.6) is 0 Å². The van der Waals surface area contributed by atoms with Crippen molar-refractivity contribution in [1.82, 2.24) is 15.2 Å². The van der Waals surface area contributed by atoms with Crippen molar-refractivity contribution in [2.45, 2.75) is 64.5 Å². The molecule has 2 N–H and O–H groups in total. The Morgan fingerprint density at radius 3 is 2.94 bits per heavy atom. The number of carbonyl (C=O) groups is 2. The summed E-state index contributed by atoms with van der Waals surface area (Å²) >= 11 is 1.77. The highest BCUT2D eigenvalue weighted by Gasteiger charge is 2.29. The predicted octanol–water partition coefficient (Wildman–Crippen LogP) is 4.59. The summed E-state index contributed by atoms with van der Waals surface area (Å²) in [5, 5.41) is 6.30. The molecule has 0 radical (unpaired) electrons. The molecule has 5 rings (SSSR count). The Labute approximate surface area is 186 Å². The van der Waals surface area contributed by atoms with Gasteiger partial charge in [0.15, 0.2) is 0 Å². The molecule has 0 saturated heterocycles. The fourth-order valence-electron chi connectivity index (χ4n) is 4.99. The molecule has 2 amide bonds. The Kier molecular flexibility index (Phi) is 5.57. The summed E-state index contributed by atoms with van der Waals surface area (Å²) in [5.41, 5.74) is 5.65. The van der Waals surface area contributed by atoms with Crippen LogP contribution in [-0.2, 0) is 30.6 Å². The maximum absolute atomic E-state index is 13.3. The van der Waals surface area contributed by atoms with Crippen LogP contribution >= 0.6 is 11.3 Å². The monoisotopic (exact) mass is 435 g/mol. The molecule has 162 valence electrons. The van der Waals surface area contributed by atoms with Crippen LogP contribution in [0, 0.1) is 0 Å². The molecule has 1 aliphatic carbocycles. The van der Waals surface area contributed by atoms with Gasteiger partial charge in [0.25, 0.3) is 5.91 Å². The fourth-order valence-corrected chi connectivity index (χ4v) is 5.88. The minimum absolute atomic E-state index is 0.0344. The molecule has 6 heteroatoms. The van der Waals surface area contributed by atoms with Gasteiger partial charge in [-0.15, -0.1) is 11.3 Å². The maximum Gasteiger partial charge on any atom is 0.251 e. The van der Waals surface area contributed by atoms with Crippen LogP contribution in [0.15, 0.2) is 29.6 Å². The fraction of sp³-hybridized carbons (Fsp3) is 0.440. The number of benzene rings is 1. The van der Waals surface area contributed by atoms with Crippen molar-refractivity contribution in [3.63, 3.8) is 0 Å². The van der Waals surface area contributed by atoms with Gasteiger partial charge in [0.1, 0.15) is 6.04 Å². The average Bonchev–Trinajstić information content (AvgIpc) is 3.41. The standard InChI is InChI=1S/C25H29N3O2S/c1-2-5-22(25(30)28-12-10-23-17(15-28)11-13-31-23)27-24(29)16-8-9-21-19(14-16)18-6-3-4-7-20(18)26-21/h8-9,11,13-14,22,26H,2-7,10,12,15H2,1H3,(H,27,29). The largest absolute Gasteiger partial charge is 0.358 e. The third-order valence-corrected chi connectivity index (χ3v) is 7.68. The highest BCUT2D eigenvalue weighted by molar-refractivity contribution is 7.10. The summed E-state index contributed by atoms with van der Waals surface area (Å²) in [5.74, 6) is -0.125. The van der Waals surface area contributed by atoms with Gasteiger partial charge < -0.3 is 15.2 Å². The molecule has 1 atom stereocenters. The van der Waals surface area contributed by atoms with Gasteiger partial charge in [-0.05, 0) is 79.3 Å². The van der Waals surface area contributed by atoms with Gasteiger partial charge in [-0.25, -0.2) is 0 Å². The summed E-state index contributed by atoms with van der Waals surface area (Å²) in [4.78, 5) is 33.2. The number of hydrogen-bond acceptors (Lipinski definition) is 3. The van der Waals surface area contributed by atoms with E-state index in [1.54, 1.807) is 11.3 Å². The first-order valence-corrected chi connectivity index (χ1v) is 12.3. The smallest absolute Gasteiger partial charge is 0.251 e. The lowest BCUT2D eigenvalue weighted by Gasteiger charge is -2.31. The van der Waals surface area contributed by atoms with E-state index in [1.807, 2.05) is 23.1 Å². The lowest BCUT2D eigenvalue weighted by molar-refractivity contribution is -0.134. The van der Waals surface area contributed by atoms with E-state index in [0.717, 1.165) is 43.1 Å². The van der Waals surface area contributed by atoms with Crippen molar-refractivity contribution in [2.24, 2.45) is 0 Å². The number of H-pyrrole nitrogens is 1. The van der Waals surface area contributed by atoms with Crippen molar-refractivity contribution in [2.75, 3.05) is 6.54 Å². The SMILES string of the molecule is CCCC(NC(=O)c1ccc2[nH]c3c(c2c1)CCCC3)C(=O)N1CCc2sccc2C1. The highest BCUT2D eigenvalue weighted by atomic mass is 32.1. The third-order valence-electron chi connectivity index (χ3n) is 6.66. The normalized spacial score (nSPS) is 16.6. The number of hydrogen-bond donors (Lipinski definition) is 2. The number of nitrogens with one attached hydrogen (secondary N) is 2. The number of aromatic amines is 1. The number of nitrogens with zero attached hydrogens (tertiary/aromatic N) is 1. The van der Waals surface area contributed by atoms with Crippen LogP contribution in [0.25, 0.3) is 10.9 Å². The summed E-state index contributed by atoms with van der Waals surface area (Å²) in [6.07, 6.45) is 6.97. The first-order chi connectivity index (χ1) is 15.1. The Bertz CT molecular complexity index is 1130. The van der Waals surface area contributed by atoms with Gasteiger partial charge in [-0.1, -0.05) is 13.3 Å². The van der Waals surface area contributed by atoms with Crippen LogP contribution in [-0.4, -0.2) is 34.3 Å². The van der Waals surface area contributed by atoms with Crippen LogP contribution < -0.4 is 5.32 Å². The van der Waals surface area contributed by atoms with Gasteiger partial charge in [-0.3, -0.25) is 9.59 Å². The highest BCUT2D eigenvalue weighted by Crippen LogP contribution is 2.30. The first-order valence-electron chi connectivity index (χ1n) is 11.4. The molecule has 1 aromatic carbocycles. The van der Waals surface area contributed by atoms with E-state index in [1.165, 1.54) is 34.5 Å². The molecule has 3 heterocycles. The maximum atomic E-state index is 13.3. The second kappa shape index (κ2) is 8.50. The number of aryl methyl sites for hydroxylation is 2. The molecule has 3 aromatic rings.